The smallest absolute Gasteiger partial charge is 0.235 e. The maximum absolute atomic E-state index is 13.8. The third kappa shape index (κ3) is 3.89. The fraction of sp³-hybridized carbons (Fsp3) is 0.556. The molecule has 2 aliphatic rings. The Bertz CT molecular complexity index is 615. The van der Waals surface area contributed by atoms with Crippen LogP contribution in [0.15, 0.2) is 24.3 Å². The molecule has 0 heterocycles. The number of halogens is 1. The van der Waals surface area contributed by atoms with E-state index < -0.39 is 5.54 Å². The van der Waals surface area contributed by atoms with Crippen LogP contribution in [0.3, 0.4) is 0 Å². The first-order valence-electron chi connectivity index (χ1n) is 8.32. The minimum absolute atomic E-state index is 0.128. The lowest BCUT2D eigenvalue weighted by atomic mass is 10.00. The quantitative estimate of drug-likeness (QED) is 0.878. The van der Waals surface area contributed by atoms with Crippen molar-refractivity contribution in [2.45, 2.75) is 56.7 Å². The summed E-state index contributed by atoms with van der Waals surface area (Å²) >= 11 is 0. The summed E-state index contributed by atoms with van der Waals surface area (Å²) in [6, 6.07) is 9.31. The lowest BCUT2D eigenvalue weighted by molar-refractivity contribution is -0.123. The van der Waals surface area contributed by atoms with E-state index in [1.807, 2.05) is 11.0 Å². The molecule has 4 nitrogen and oxygen atoms in total. The maximum Gasteiger partial charge on any atom is 0.235 e. The van der Waals surface area contributed by atoms with E-state index in [2.05, 4.69) is 11.4 Å². The van der Waals surface area contributed by atoms with Crippen molar-refractivity contribution in [1.82, 2.24) is 10.2 Å². The zero-order valence-corrected chi connectivity index (χ0v) is 13.2. The van der Waals surface area contributed by atoms with E-state index in [9.17, 15) is 14.4 Å². The van der Waals surface area contributed by atoms with Crippen LogP contribution in [0.1, 0.15) is 44.1 Å². The Morgan fingerprint density at radius 3 is 2.65 bits per heavy atom. The summed E-state index contributed by atoms with van der Waals surface area (Å²) in [6.07, 6.45) is 5.51. The molecule has 2 aliphatic carbocycles. The standard InChI is InChI=1S/C18H22FN3O/c19-16-6-2-1-5-14(16)11-22(15-7-8-15)12-17(23)21-18(13-20)9-3-4-10-18/h1-2,5-6,15H,3-4,7-12H2,(H,21,23). The second-order valence-electron chi connectivity index (χ2n) is 6.68. The number of benzene rings is 1. The number of carbonyl (C=O) groups excluding carboxylic acids is 1. The van der Waals surface area contributed by atoms with Crippen molar-refractivity contribution in [1.29, 1.82) is 5.26 Å². The summed E-state index contributed by atoms with van der Waals surface area (Å²) in [6.45, 7) is 0.659. The normalized spacial score (nSPS) is 19.5. The molecule has 3 rings (SSSR count). The van der Waals surface area contributed by atoms with E-state index in [1.54, 1.807) is 12.1 Å². The van der Waals surface area contributed by atoms with Gasteiger partial charge in [0.2, 0.25) is 5.91 Å². The van der Waals surface area contributed by atoms with Crippen molar-refractivity contribution >= 4 is 5.91 Å². The van der Waals surface area contributed by atoms with Crippen molar-refractivity contribution in [2.75, 3.05) is 6.54 Å². The Hall–Kier alpha value is -1.93. The zero-order valence-electron chi connectivity index (χ0n) is 13.2. The van der Waals surface area contributed by atoms with Crippen LogP contribution in [-0.2, 0) is 11.3 Å². The van der Waals surface area contributed by atoms with Crippen LogP contribution in [0.4, 0.5) is 4.39 Å². The molecular weight excluding hydrogens is 293 g/mol. The average molecular weight is 315 g/mol. The van der Waals surface area contributed by atoms with E-state index >= 15 is 0 Å². The van der Waals surface area contributed by atoms with E-state index in [4.69, 9.17) is 0 Å². The first-order chi connectivity index (χ1) is 11.1. The number of rotatable bonds is 6. The number of carbonyl (C=O) groups is 1. The van der Waals surface area contributed by atoms with Crippen LogP contribution in [0.25, 0.3) is 0 Å². The number of nitrogens with zero attached hydrogens (tertiary/aromatic N) is 2. The first kappa shape index (κ1) is 15.9. The molecule has 0 radical (unpaired) electrons. The maximum atomic E-state index is 13.8. The van der Waals surface area contributed by atoms with Gasteiger partial charge in [-0.25, -0.2) is 4.39 Å². The largest absolute Gasteiger partial charge is 0.337 e. The summed E-state index contributed by atoms with van der Waals surface area (Å²) in [5, 5.41) is 12.3. The topological polar surface area (TPSA) is 56.1 Å². The summed E-state index contributed by atoms with van der Waals surface area (Å²) < 4.78 is 13.8. The predicted molar refractivity (Wildman–Crippen MR) is 84.8 cm³/mol. The molecule has 1 aromatic carbocycles. The van der Waals surface area contributed by atoms with E-state index in [0.29, 0.717) is 18.2 Å². The third-order valence-electron chi connectivity index (χ3n) is 4.79. The monoisotopic (exact) mass is 315 g/mol. The molecule has 0 spiro atoms. The van der Waals surface area contributed by atoms with Gasteiger partial charge in [-0.05, 0) is 44.6 Å². The molecule has 1 amide bonds. The average Bonchev–Trinajstić information content (AvgIpc) is 3.29. The first-order valence-corrected chi connectivity index (χ1v) is 8.32. The zero-order chi connectivity index (χ0) is 16.3. The number of amides is 1. The molecule has 122 valence electrons. The Balaban J connectivity index is 1.62. The molecule has 1 aromatic rings. The minimum atomic E-state index is -0.690. The van der Waals surface area contributed by atoms with Gasteiger partial charge < -0.3 is 5.32 Å². The number of hydrogen-bond acceptors (Lipinski definition) is 3. The molecular formula is C18H22FN3O. The van der Waals surface area contributed by atoms with Gasteiger partial charge in [0.05, 0.1) is 12.6 Å². The molecule has 0 unspecified atom stereocenters. The van der Waals surface area contributed by atoms with E-state index in [0.717, 1.165) is 38.5 Å². The van der Waals surface area contributed by atoms with E-state index in [1.165, 1.54) is 6.07 Å². The number of nitriles is 1. The highest BCUT2D eigenvalue weighted by Crippen LogP contribution is 2.30. The van der Waals surface area contributed by atoms with Gasteiger partial charge in [0.25, 0.3) is 0 Å². The Labute approximate surface area is 136 Å². The van der Waals surface area contributed by atoms with Crippen molar-refractivity contribution in [2.24, 2.45) is 0 Å². The molecule has 1 N–H and O–H groups in total. The van der Waals surface area contributed by atoms with Crippen LogP contribution in [0, 0.1) is 17.1 Å². The van der Waals surface area contributed by atoms with Gasteiger partial charge >= 0.3 is 0 Å². The number of hydrogen-bond donors (Lipinski definition) is 1. The van der Waals surface area contributed by atoms with Crippen LogP contribution in [-0.4, -0.2) is 28.9 Å². The van der Waals surface area contributed by atoms with Crippen molar-refractivity contribution in [3.63, 3.8) is 0 Å². The van der Waals surface area contributed by atoms with Crippen LogP contribution < -0.4 is 5.32 Å². The Morgan fingerprint density at radius 2 is 2.04 bits per heavy atom. The molecule has 0 bridgehead atoms. The van der Waals surface area contributed by atoms with E-state index in [-0.39, 0.29) is 18.3 Å². The third-order valence-corrected chi connectivity index (χ3v) is 4.79. The lowest BCUT2D eigenvalue weighted by Gasteiger charge is -2.26. The Morgan fingerprint density at radius 1 is 1.35 bits per heavy atom. The van der Waals surface area contributed by atoms with Gasteiger partial charge in [0, 0.05) is 18.2 Å². The van der Waals surface area contributed by atoms with Gasteiger partial charge in [-0.2, -0.15) is 5.26 Å². The summed E-state index contributed by atoms with van der Waals surface area (Å²) in [5.41, 5.74) is -0.0762. The minimum Gasteiger partial charge on any atom is -0.337 e. The van der Waals surface area contributed by atoms with Gasteiger partial charge in [-0.1, -0.05) is 18.2 Å². The lowest BCUT2D eigenvalue weighted by Crippen LogP contribution is -2.49. The second kappa shape index (κ2) is 6.67. The molecule has 23 heavy (non-hydrogen) atoms. The highest BCUT2D eigenvalue weighted by molar-refractivity contribution is 5.79. The van der Waals surface area contributed by atoms with Gasteiger partial charge in [-0.3, -0.25) is 9.69 Å². The molecule has 0 aromatic heterocycles. The summed E-state index contributed by atoms with van der Waals surface area (Å²) in [4.78, 5) is 14.4. The van der Waals surface area contributed by atoms with Crippen LogP contribution in [0.2, 0.25) is 0 Å². The highest BCUT2D eigenvalue weighted by Gasteiger charge is 2.37. The van der Waals surface area contributed by atoms with Gasteiger partial charge in [0.1, 0.15) is 11.4 Å². The summed E-state index contributed by atoms with van der Waals surface area (Å²) in [5.74, 6) is -0.362. The highest BCUT2D eigenvalue weighted by atomic mass is 19.1. The van der Waals surface area contributed by atoms with Gasteiger partial charge in [-0.15, -0.1) is 0 Å². The molecule has 0 aliphatic heterocycles. The SMILES string of the molecule is N#CC1(NC(=O)CN(Cc2ccccc2F)C2CC2)CCCC1. The molecule has 2 saturated carbocycles. The van der Waals surface area contributed by atoms with Crippen LogP contribution in [0.5, 0.6) is 0 Å². The fourth-order valence-corrected chi connectivity index (χ4v) is 3.33. The molecule has 0 saturated heterocycles. The number of nitrogens with one attached hydrogen (secondary N) is 1. The Kier molecular flexibility index (Phi) is 4.63. The van der Waals surface area contributed by atoms with Crippen molar-refractivity contribution < 1.29 is 9.18 Å². The van der Waals surface area contributed by atoms with Gasteiger partial charge in [0.15, 0.2) is 0 Å². The van der Waals surface area contributed by atoms with Crippen molar-refractivity contribution in [3.05, 3.63) is 35.6 Å². The van der Waals surface area contributed by atoms with Crippen LogP contribution >= 0.6 is 0 Å². The predicted octanol–water partition coefficient (Wildman–Crippen LogP) is 2.74. The molecule has 5 heteroatoms. The fourth-order valence-electron chi connectivity index (χ4n) is 3.33. The molecule has 0 atom stereocenters. The summed E-state index contributed by atoms with van der Waals surface area (Å²) in [7, 11) is 0. The second-order valence-corrected chi connectivity index (χ2v) is 6.68. The van der Waals surface area contributed by atoms with Crippen molar-refractivity contribution in [3.8, 4) is 6.07 Å². The molecule has 2 fully saturated rings.